The van der Waals surface area contributed by atoms with E-state index >= 15 is 0 Å². The van der Waals surface area contributed by atoms with E-state index in [4.69, 9.17) is 18.9 Å². The van der Waals surface area contributed by atoms with Gasteiger partial charge in [0.1, 0.15) is 6.10 Å². The van der Waals surface area contributed by atoms with E-state index in [9.17, 15) is 4.79 Å². The summed E-state index contributed by atoms with van der Waals surface area (Å²) in [6.07, 6.45) is 3.99. The lowest BCUT2D eigenvalue weighted by Crippen LogP contribution is -2.32. The van der Waals surface area contributed by atoms with Crippen LogP contribution in [0.5, 0.6) is 23.3 Å². The molecular formula is C19H23N3O5. The Morgan fingerprint density at radius 1 is 1.11 bits per heavy atom. The predicted octanol–water partition coefficient (Wildman–Crippen LogP) is 1.72. The fourth-order valence-corrected chi connectivity index (χ4v) is 2.98. The lowest BCUT2D eigenvalue weighted by Gasteiger charge is -2.17. The smallest absolute Gasteiger partial charge is 0.235 e. The van der Waals surface area contributed by atoms with Gasteiger partial charge in [-0.05, 0) is 17.7 Å². The fraction of sp³-hybridized carbons (Fsp3) is 0.421. The quantitative estimate of drug-likeness (QED) is 0.731. The normalized spacial score (nSPS) is 16.1. The minimum atomic E-state index is -0.110. The summed E-state index contributed by atoms with van der Waals surface area (Å²) in [6.45, 7) is 1.17. The number of hydrogen-bond acceptors (Lipinski definition) is 7. The second kappa shape index (κ2) is 8.57. The molecule has 1 saturated heterocycles. The first-order chi connectivity index (χ1) is 13.1. The number of amides is 1. The zero-order valence-corrected chi connectivity index (χ0v) is 15.7. The van der Waals surface area contributed by atoms with Crippen LogP contribution < -0.4 is 18.9 Å². The van der Waals surface area contributed by atoms with E-state index in [0.29, 0.717) is 42.8 Å². The minimum Gasteiger partial charge on any atom is -0.493 e. The van der Waals surface area contributed by atoms with Gasteiger partial charge in [-0.2, -0.15) is 4.98 Å². The number of likely N-dealkylation sites (tertiary alicyclic amines) is 1. The molecule has 1 fully saturated rings. The Morgan fingerprint density at radius 3 is 2.63 bits per heavy atom. The highest BCUT2D eigenvalue weighted by Gasteiger charge is 2.28. The van der Waals surface area contributed by atoms with Crippen molar-refractivity contribution in [3.63, 3.8) is 0 Å². The average molecular weight is 373 g/mol. The van der Waals surface area contributed by atoms with E-state index in [1.165, 1.54) is 19.5 Å². The molecule has 2 heterocycles. The van der Waals surface area contributed by atoms with Crippen LogP contribution in [0.4, 0.5) is 0 Å². The molecule has 2 aromatic rings. The fourth-order valence-electron chi connectivity index (χ4n) is 2.98. The molecule has 1 amide bonds. The van der Waals surface area contributed by atoms with E-state index in [0.717, 1.165) is 12.0 Å². The van der Waals surface area contributed by atoms with Crippen molar-refractivity contribution in [3.8, 4) is 23.3 Å². The minimum absolute atomic E-state index is 0.0463. The molecule has 0 N–H and O–H groups in total. The van der Waals surface area contributed by atoms with E-state index in [-0.39, 0.29) is 12.0 Å². The van der Waals surface area contributed by atoms with Crippen molar-refractivity contribution < 1.29 is 23.7 Å². The Morgan fingerprint density at radius 2 is 1.89 bits per heavy atom. The zero-order chi connectivity index (χ0) is 19.2. The Bertz CT molecular complexity index is 799. The number of rotatable bonds is 7. The Kier molecular flexibility index (Phi) is 5.95. The van der Waals surface area contributed by atoms with Crippen LogP contribution in [0.3, 0.4) is 0 Å². The first-order valence-corrected chi connectivity index (χ1v) is 8.64. The number of nitrogens with zero attached hydrogens (tertiary/aromatic N) is 3. The van der Waals surface area contributed by atoms with E-state index in [2.05, 4.69) is 9.97 Å². The van der Waals surface area contributed by atoms with E-state index in [1.54, 1.807) is 25.2 Å². The van der Waals surface area contributed by atoms with Gasteiger partial charge in [-0.15, -0.1) is 0 Å². The van der Waals surface area contributed by atoms with Gasteiger partial charge in [-0.1, -0.05) is 6.07 Å². The van der Waals surface area contributed by atoms with Crippen LogP contribution in [0.25, 0.3) is 0 Å². The third kappa shape index (κ3) is 4.58. The van der Waals surface area contributed by atoms with Gasteiger partial charge in [-0.3, -0.25) is 9.78 Å². The third-order valence-corrected chi connectivity index (χ3v) is 4.39. The van der Waals surface area contributed by atoms with Gasteiger partial charge in [0, 0.05) is 13.0 Å². The molecule has 0 saturated carbocycles. The lowest BCUT2D eigenvalue weighted by molar-refractivity contribution is -0.129. The van der Waals surface area contributed by atoms with Gasteiger partial charge in [0.15, 0.2) is 11.5 Å². The number of ether oxygens (including phenoxy) is 4. The van der Waals surface area contributed by atoms with Gasteiger partial charge < -0.3 is 23.8 Å². The first-order valence-electron chi connectivity index (χ1n) is 8.64. The summed E-state index contributed by atoms with van der Waals surface area (Å²) in [5.41, 5.74) is 0.876. The number of aromatic nitrogens is 2. The molecule has 1 aliphatic rings. The molecule has 144 valence electrons. The number of carbonyl (C=O) groups excluding carboxylic acids is 1. The summed E-state index contributed by atoms with van der Waals surface area (Å²) < 4.78 is 21.4. The number of methoxy groups -OCH3 is 3. The zero-order valence-electron chi connectivity index (χ0n) is 15.7. The van der Waals surface area contributed by atoms with Crippen molar-refractivity contribution >= 4 is 5.91 Å². The van der Waals surface area contributed by atoms with Crippen LogP contribution >= 0.6 is 0 Å². The highest BCUT2D eigenvalue weighted by atomic mass is 16.5. The molecule has 0 unspecified atom stereocenters. The lowest BCUT2D eigenvalue weighted by atomic mass is 10.1. The van der Waals surface area contributed by atoms with Gasteiger partial charge in [0.25, 0.3) is 0 Å². The molecule has 1 aliphatic heterocycles. The van der Waals surface area contributed by atoms with Crippen molar-refractivity contribution in [1.29, 1.82) is 0 Å². The predicted molar refractivity (Wildman–Crippen MR) is 97.4 cm³/mol. The second-order valence-corrected chi connectivity index (χ2v) is 6.13. The van der Waals surface area contributed by atoms with Gasteiger partial charge >= 0.3 is 0 Å². The molecule has 1 aromatic heterocycles. The Labute approximate surface area is 158 Å². The Hall–Kier alpha value is -3.03. The van der Waals surface area contributed by atoms with Crippen LogP contribution in [0.15, 0.2) is 30.6 Å². The summed E-state index contributed by atoms with van der Waals surface area (Å²) in [5.74, 6) is 2.09. The Balaban J connectivity index is 1.57. The summed E-state index contributed by atoms with van der Waals surface area (Å²) in [6, 6.07) is 5.50. The molecule has 27 heavy (non-hydrogen) atoms. The molecule has 0 aliphatic carbocycles. The number of carbonyl (C=O) groups is 1. The SMILES string of the molecule is COc1cncc(O[C@@H]2CCN(C(=O)Cc3ccc(OC)c(OC)c3)C2)n1. The van der Waals surface area contributed by atoms with E-state index in [1.807, 2.05) is 12.1 Å². The molecule has 8 heteroatoms. The number of hydrogen-bond donors (Lipinski definition) is 0. The summed E-state index contributed by atoms with van der Waals surface area (Å²) in [5, 5.41) is 0. The monoisotopic (exact) mass is 373 g/mol. The van der Waals surface area contributed by atoms with Crippen molar-refractivity contribution in [2.75, 3.05) is 34.4 Å². The highest BCUT2D eigenvalue weighted by Crippen LogP contribution is 2.28. The largest absolute Gasteiger partial charge is 0.493 e. The maximum absolute atomic E-state index is 12.6. The second-order valence-electron chi connectivity index (χ2n) is 6.13. The molecule has 3 rings (SSSR count). The summed E-state index contributed by atoms with van der Waals surface area (Å²) >= 11 is 0. The van der Waals surface area contributed by atoms with Crippen LogP contribution in [-0.4, -0.2) is 61.3 Å². The average Bonchev–Trinajstić information content (AvgIpc) is 3.16. The molecular weight excluding hydrogens is 350 g/mol. The molecule has 1 aromatic carbocycles. The standard InChI is InChI=1S/C19H23N3O5/c1-24-15-5-4-13(8-16(15)25-2)9-19(23)22-7-6-14(12-22)27-18-11-20-10-17(21-18)26-3/h4-5,8,10-11,14H,6-7,9,12H2,1-3H3/t14-/m1/s1. The molecule has 8 nitrogen and oxygen atoms in total. The van der Waals surface area contributed by atoms with Crippen LogP contribution in [-0.2, 0) is 11.2 Å². The highest BCUT2D eigenvalue weighted by molar-refractivity contribution is 5.79. The van der Waals surface area contributed by atoms with Crippen molar-refractivity contribution in [3.05, 3.63) is 36.2 Å². The number of benzene rings is 1. The maximum Gasteiger partial charge on any atom is 0.235 e. The van der Waals surface area contributed by atoms with Crippen molar-refractivity contribution in [2.24, 2.45) is 0 Å². The van der Waals surface area contributed by atoms with E-state index < -0.39 is 0 Å². The van der Waals surface area contributed by atoms with Gasteiger partial charge in [-0.25, -0.2) is 0 Å². The first kappa shape index (κ1) is 18.8. The van der Waals surface area contributed by atoms with Crippen molar-refractivity contribution in [2.45, 2.75) is 18.9 Å². The van der Waals surface area contributed by atoms with Crippen LogP contribution in [0.1, 0.15) is 12.0 Å². The van der Waals surface area contributed by atoms with Crippen LogP contribution in [0.2, 0.25) is 0 Å². The molecule has 1 atom stereocenters. The van der Waals surface area contributed by atoms with Gasteiger partial charge in [0.05, 0.1) is 46.7 Å². The molecule has 0 spiro atoms. The molecule has 0 radical (unpaired) electrons. The summed E-state index contributed by atoms with van der Waals surface area (Å²) in [7, 11) is 4.69. The summed E-state index contributed by atoms with van der Waals surface area (Å²) in [4.78, 5) is 22.6. The van der Waals surface area contributed by atoms with Crippen molar-refractivity contribution in [1.82, 2.24) is 14.9 Å². The topological polar surface area (TPSA) is 83.0 Å². The maximum atomic E-state index is 12.6. The molecule has 0 bridgehead atoms. The third-order valence-electron chi connectivity index (χ3n) is 4.39. The van der Waals surface area contributed by atoms with Crippen LogP contribution in [0, 0.1) is 0 Å². The van der Waals surface area contributed by atoms with Gasteiger partial charge in [0.2, 0.25) is 17.7 Å².